The predicted molar refractivity (Wildman–Crippen MR) is 123 cm³/mol. The number of rotatable bonds is 4. The van der Waals surface area contributed by atoms with E-state index in [1.165, 1.54) is 12.8 Å². The van der Waals surface area contributed by atoms with Crippen molar-refractivity contribution in [3.8, 4) is 0 Å². The Labute approximate surface area is 190 Å². The van der Waals surface area contributed by atoms with E-state index in [9.17, 15) is 9.59 Å². The Hall–Kier alpha value is -0.830. The Morgan fingerprint density at radius 3 is 2.65 bits per heavy atom. The van der Waals surface area contributed by atoms with Crippen LogP contribution in [0.25, 0.3) is 0 Å². The summed E-state index contributed by atoms with van der Waals surface area (Å²) in [5.74, 6) is 2.64. The molecule has 2 amide bonds. The lowest BCUT2D eigenvalue weighted by Gasteiger charge is -2.50. The monoisotopic (exact) mass is 449 g/mol. The Morgan fingerprint density at radius 1 is 1.06 bits per heavy atom. The first kappa shape index (κ1) is 22.0. The first-order chi connectivity index (χ1) is 14.9. The van der Waals surface area contributed by atoms with E-state index >= 15 is 0 Å². The molecule has 5 aliphatic rings. The van der Waals surface area contributed by atoms with Crippen molar-refractivity contribution in [2.45, 2.75) is 81.7 Å². The molecule has 0 radical (unpaired) electrons. The lowest BCUT2D eigenvalue weighted by Crippen LogP contribution is -2.60. The molecular weight excluding hydrogens is 410 g/mol. The van der Waals surface area contributed by atoms with E-state index in [0.717, 1.165) is 44.6 Å². The summed E-state index contributed by atoms with van der Waals surface area (Å²) in [4.78, 5) is 28.5. The molecule has 3 aliphatic heterocycles. The third-order valence-electron chi connectivity index (χ3n) is 8.70. The molecule has 0 aromatic carbocycles. The summed E-state index contributed by atoms with van der Waals surface area (Å²) in [7, 11) is 2.01. The van der Waals surface area contributed by atoms with Gasteiger partial charge in [0.1, 0.15) is 5.50 Å². The van der Waals surface area contributed by atoms with Gasteiger partial charge in [-0.3, -0.25) is 9.59 Å². The molecule has 0 aromatic rings. The third kappa shape index (κ3) is 4.50. The molecular formula is C23H39N5O2S. The van der Waals surface area contributed by atoms with Crippen LogP contribution >= 0.6 is 11.8 Å². The van der Waals surface area contributed by atoms with Crippen LogP contribution < -0.4 is 21.5 Å². The highest BCUT2D eigenvalue weighted by Gasteiger charge is 2.48. The number of hydrazine groups is 1. The smallest absolute Gasteiger partial charge is 0.225 e. The number of carbonyl (C=O) groups is 2. The summed E-state index contributed by atoms with van der Waals surface area (Å²) in [6.45, 7) is 5.51. The fraction of sp³-hybridized carbons (Fsp3) is 0.913. The highest BCUT2D eigenvalue weighted by Crippen LogP contribution is 2.45. The first-order valence-corrected chi connectivity index (χ1v) is 13.3. The summed E-state index contributed by atoms with van der Waals surface area (Å²) < 4.78 is 0. The molecule has 0 spiro atoms. The van der Waals surface area contributed by atoms with Crippen molar-refractivity contribution >= 4 is 23.6 Å². The summed E-state index contributed by atoms with van der Waals surface area (Å²) in [5, 5.41) is 7.25. The van der Waals surface area contributed by atoms with E-state index < -0.39 is 0 Å². The van der Waals surface area contributed by atoms with Gasteiger partial charge >= 0.3 is 0 Å². The van der Waals surface area contributed by atoms with Gasteiger partial charge in [-0.2, -0.15) is 0 Å². The minimum Gasteiger partial charge on any atom is -0.342 e. The highest BCUT2D eigenvalue weighted by atomic mass is 32.2. The topological polar surface area (TPSA) is 85.5 Å². The van der Waals surface area contributed by atoms with Gasteiger partial charge in [-0.1, -0.05) is 18.7 Å². The number of nitrogens with zero attached hydrogens (tertiary/aromatic N) is 1. The first-order valence-electron chi connectivity index (χ1n) is 12.4. The standard InChI is InChI=1S/C23H39N5O2S/c1-12-4-5-15(20(29)25-23-27-26-21(31-23)14-6-7-14)9-17(12)18-10-16-11-24-13(2)8-19(16)28(3)22(18)30/h12-19,21,23-24,26-27H,4-11H2,1-3H3,(H,25,29). The van der Waals surface area contributed by atoms with Gasteiger partial charge in [0, 0.05) is 37.5 Å². The maximum absolute atomic E-state index is 13.4. The Bertz CT molecular complexity index is 703. The van der Waals surface area contributed by atoms with Gasteiger partial charge in [-0.05, 0) is 75.5 Å². The van der Waals surface area contributed by atoms with E-state index in [4.69, 9.17) is 0 Å². The van der Waals surface area contributed by atoms with Crippen LogP contribution in [0, 0.1) is 35.5 Å². The zero-order chi connectivity index (χ0) is 21.7. The van der Waals surface area contributed by atoms with Gasteiger partial charge in [0.15, 0.2) is 0 Å². The highest BCUT2D eigenvalue weighted by molar-refractivity contribution is 8.00. The zero-order valence-corrected chi connectivity index (χ0v) is 19.9. The van der Waals surface area contributed by atoms with Crippen LogP contribution in [0.3, 0.4) is 0 Å². The predicted octanol–water partition coefficient (Wildman–Crippen LogP) is 1.86. The van der Waals surface area contributed by atoms with E-state index in [0.29, 0.717) is 41.1 Å². The molecule has 2 saturated carbocycles. The number of amides is 2. The average molecular weight is 450 g/mol. The normalized spacial score (nSPS) is 46.0. The number of piperidine rings is 2. The number of nitrogens with one attached hydrogen (secondary N) is 4. The lowest BCUT2D eigenvalue weighted by molar-refractivity contribution is -0.149. The Balaban J connectivity index is 1.21. The van der Waals surface area contributed by atoms with Crippen LogP contribution in [0.1, 0.15) is 58.8 Å². The van der Waals surface area contributed by atoms with Gasteiger partial charge in [-0.15, -0.1) is 0 Å². The van der Waals surface area contributed by atoms with Crippen molar-refractivity contribution < 1.29 is 9.59 Å². The summed E-state index contributed by atoms with van der Waals surface area (Å²) in [5.41, 5.74) is 6.52. The van der Waals surface area contributed by atoms with Gasteiger partial charge in [0.2, 0.25) is 11.8 Å². The second-order valence-electron chi connectivity index (χ2n) is 10.9. The van der Waals surface area contributed by atoms with Crippen molar-refractivity contribution in [3.63, 3.8) is 0 Å². The minimum atomic E-state index is -0.0468. The van der Waals surface area contributed by atoms with E-state index in [2.05, 4.69) is 40.2 Å². The van der Waals surface area contributed by atoms with E-state index in [1.807, 2.05) is 7.05 Å². The number of thioether (sulfide) groups is 1. The molecule has 7 nitrogen and oxygen atoms in total. The molecule has 4 N–H and O–H groups in total. The fourth-order valence-electron chi connectivity index (χ4n) is 6.52. The molecule has 174 valence electrons. The lowest BCUT2D eigenvalue weighted by atomic mass is 9.64. The average Bonchev–Trinajstić information content (AvgIpc) is 3.51. The number of hydrogen-bond acceptors (Lipinski definition) is 6. The van der Waals surface area contributed by atoms with Crippen molar-refractivity contribution in [1.29, 1.82) is 0 Å². The molecule has 3 heterocycles. The molecule has 8 heteroatoms. The number of hydrogen-bond donors (Lipinski definition) is 4. The number of carbonyl (C=O) groups excluding carboxylic acids is 2. The van der Waals surface area contributed by atoms with Gasteiger partial charge < -0.3 is 15.5 Å². The van der Waals surface area contributed by atoms with Crippen LogP contribution in [0.4, 0.5) is 0 Å². The van der Waals surface area contributed by atoms with Crippen LogP contribution in [0.2, 0.25) is 0 Å². The maximum atomic E-state index is 13.4. The van der Waals surface area contributed by atoms with Crippen LogP contribution in [-0.4, -0.2) is 53.3 Å². The van der Waals surface area contributed by atoms with Gasteiger partial charge in [-0.25, -0.2) is 10.9 Å². The van der Waals surface area contributed by atoms with Crippen LogP contribution in [0.15, 0.2) is 0 Å². The summed E-state index contributed by atoms with van der Waals surface area (Å²) >= 11 is 1.79. The molecule has 5 fully saturated rings. The molecule has 5 rings (SSSR count). The Morgan fingerprint density at radius 2 is 1.87 bits per heavy atom. The second kappa shape index (κ2) is 8.84. The molecule has 3 saturated heterocycles. The van der Waals surface area contributed by atoms with Crippen molar-refractivity contribution in [3.05, 3.63) is 0 Å². The SMILES string of the molecule is CC1CC2C(CN1)CC(C1CC(C(=O)NC3NNC(C4CC4)S3)CCC1C)C(=O)N2C. The molecule has 0 bridgehead atoms. The zero-order valence-electron chi connectivity index (χ0n) is 19.1. The van der Waals surface area contributed by atoms with Gasteiger partial charge in [0.25, 0.3) is 0 Å². The largest absolute Gasteiger partial charge is 0.342 e. The molecule has 9 atom stereocenters. The molecule has 2 aliphatic carbocycles. The van der Waals surface area contributed by atoms with Crippen molar-refractivity contribution in [2.24, 2.45) is 35.5 Å². The van der Waals surface area contributed by atoms with E-state index in [-0.39, 0.29) is 23.2 Å². The third-order valence-corrected chi connectivity index (χ3v) is 10.00. The summed E-state index contributed by atoms with van der Waals surface area (Å²) in [6.07, 6.45) is 7.41. The van der Waals surface area contributed by atoms with E-state index in [1.54, 1.807) is 11.8 Å². The fourth-order valence-corrected chi connectivity index (χ4v) is 7.77. The number of fused-ring (bicyclic) bond motifs is 1. The molecule has 9 unspecified atom stereocenters. The van der Waals surface area contributed by atoms with Gasteiger partial charge in [0.05, 0.1) is 5.37 Å². The van der Waals surface area contributed by atoms with Crippen molar-refractivity contribution in [2.75, 3.05) is 13.6 Å². The van der Waals surface area contributed by atoms with Crippen LogP contribution in [-0.2, 0) is 9.59 Å². The summed E-state index contributed by atoms with van der Waals surface area (Å²) in [6, 6.07) is 0.848. The van der Waals surface area contributed by atoms with Crippen molar-refractivity contribution in [1.82, 2.24) is 26.4 Å². The second-order valence-corrected chi connectivity index (χ2v) is 12.1. The quantitative estimate of drug-likeness (QED) is 0.524. The maximum Gasteiger partial charge on any atom is 0.225 e. The molecule has 31 heavy (non-hydrogen) atoms. The number of likely N-dealkylation sites (tertiary alicyclic amines) is 1. The Kier molecular flexibility index (Phi) is 6.27. The minimum absolute atomic E-state index is 0.0175. The van der Waals surface area contributed by atoms with Crippen LogP contribution in [0.5, 0.6) is 0 Å². The molecule has 0 aromatic heterocycles.